The van der Waals surface area contributed by atoms with Gasteiger partial charge in [0.1, 0.15) is 18.9 Å². The quantitative estimate of drug-likeness (QED) is 0.331. The van der Waals surface area contributed by atoms with E-state index < -0.39 is 7.25 Å². The highest BCUT2D eigenvalue weighted by Gasteiger charge is 2.20. The molecule has 0 radical (unpaired) electrons. The number of nitrogens with zero attached hydrogens (tertiary/aromatic N) is 2. The third-order valence-electron chi connectivity index (χ3n) is 1.54. The van der Waals surface area contributed by atoms with Crippen molar-refractivity contribution in [1.82, 2.24) is 4.57 Å². The van der Waals surface area contributed by atoms with Crippen molar-refractivity contribution in [2.45, 2.75) is 19.9 Å². The van der Waals surface area contributed by atoms with E-state index in [9.17, 15) is 17.3 Å². The van der Waals surface area contributed by atoms with E-state index >= 15 is 0 Å². The summed E-state index contributed by atoms with van der Waals surface area (Å²) in [6.07, 6.45) is 11.7. The van der Waals surface area contributed by atoms with Gasteiger partial charge >= 0.3 is 7.25 Å². The first-order valence-electron chi connectivity index (χ1n) is 4.86. The zero-order valence-electron chi connectivity index (χ0n) is 9.28. The Hall–Kier alpha value is -1.27. The predicted molar refractivity (Wildman–Crippen MR) is 55.2 cm³/mol. The lowest BCUT2D eigenvalue weighted by Gasteiger charge is -1.94. The fourth-order valence-corrected chi connectivity index (χ4v) is 0.973. The van der Waals surface area contributed by atoms with Crippen molar-refractivity contribution in [2.24, 2.45) is 7.05 Å². The molecular weight excluding hydrogens is 223 g/mol. The zero-order valence-corrected chi connectivity index (χ0v) is 9.28. The first-order chi connectivity index (χ1) is 7.33. The normalized spacial score (nSPS) is 11.4. The Balaban J connectivity index is 0.000000385. The first-order valence-corrected chi connectivity index (χ1v) is 4.86. The largest absolute Gasteiger partial charge is 0.673 e. The number of imidazole rings is 1. The summed E-state index contributed by atoms with van der Waals surface area (Å²) in [6.45, 7) is 3.13. The van der Waals surface area contributed by atoms with Crippen LogP contribution >= 0.6 is 0 Å². The molecule has 0 spiro atoms. The minimum Gasteiger partial charge on any atom is -0.418 e. The van der Waals surface area contributed by atoms with Crippen molar-refractivity contribution >= 4 is 7.25 Å². The van der Waals surface area contributed by atoms with Crippen LogP contribution in [-0.2, 0) is 13.6 Å². The molecule has 0 aromatic carbocycles. The second-order valence-corrected chi connectivity index (χ2v) is 3.15. The Morgan fingerprint density at radius 3 is 2.19 bits per heavy atom. The Bertz CT molecular complexity index is 314. The van der Waals surface area contributed by atoms with Crippen LogP contribution in [0.3, 0.4) is 0 Å². The monoisotopic (exact) mass is 238 g/mol. The number of hydrogen-bond donors (Lipinski definition) is 0. The van der Waals surface area contributed by atoms with Gasteiger partial charge in [0.15, 0.2) is 0 Å². The van der Waals surface area contributed by atoms with Crippen molar-refractivity contribution in [3.05, 3.63) is 30.9 Å². The summed E-state index contributed by atoms with van der Waals surface area (Å²) < 4.78 is 43.2. The van der Waals surface area contributed by atoms with Crippen LogP contribution in [0, 0.1) is 0 Å². The molecule has 0 aliphatic heterocycles. The number of allylic oxidation sites excluding steroid dienone is 2. The van der Waals surface area contributed by atoms with Crippen LogP contribution in [0.15, 0.2) is 30.9 Å². The fraction of sp³-hybridized carbons (Fsp3) is 0.444. The van der Waals surface area contributed by atoms with Crippen LogP contribution in [0.1, 0.15) is 13.3 Å². The molecule has 0 fully saturated rings. The standard InChI is InChI=1S/C9H15N2.BF4/c1-3-4-5-6-11-8-7-10(2)9-11;2-1(3,4)5/h4-5,7-9H,3,6H2,1-2H3;/q+1;-1. The van der Waals surface area contributed by atoms with Gasteiger partial charge < -0.3 is 17.3 Å². The minimum atomic E-state index is -6.00. The van der Waals surface area contributed by atoms with E-state index in [0.717, 1.165) is 13.0 Å². The first kappa shape index (κ1) is 14.7. The van der Waals surface area contributed by atoms with Crippen molar-refractivity contribution in [3.63, 3.8) is 0 Å². The maximum atomic E-state index is 9.75. The molecule has 0 atom stereocenters. The van der Waals surface area contributed by atoms with Crippen LogP contribution in [-0.4, -0.2) is 11.8 Å². The number of aromatic nitrogens is 2. The molecule has 92 valence electrons. The minimum absolute atomic E-state index is 0.981. The van der Waals surface area contributed by atoms with Crippen LogP contribution in [0.2, 0.25) is 0 Å². The Morgan fingerprint density at radius 1 is 1.25 bits per heavy atom. The van der Waals surface area contributed by atoms with Gasteiger partial charge in [0.05, 0.1) is 7.05 Å². The summed E-state index contributed by atoms with van der Waals surface area (Å²) in [7, 11) is -3.97. The smallest absolute Gasteiger partial charge is 0.418 e. The topological polar surface area (TPSA) is 8.81 Å². The van der Waals surface area contributed by atoms with E-state index in [-0.39, 0.29) is 0 Å². The van der Waals surface area contributed by atoms with E-state index in [0.29, 0.717) is 0 Å². The van der Waals surface area contributed by atoms with Crippen LogP contribution in [0.25, 0.3) is 0 Å². The molecule has 0 bridgehead atoms. The molecule has 1 heterocycles. The highest BCUT2D eigenvalue weighted by atomic mass is 19.5. The molecule has 1 rings (SSSR count). The van der Waals surface area contributed by atoms with Crippen molar-refractivity contribution in [3.8, 4) is 0 Å². The van der Waals surface area contributed by atoms with E-state index in [2.05, 4.69) is 36.2 Å². The fourth-order valence-electron chi connectivity index (χ4n) is 0.973. The Kier molecular flexibility index (Phi) is 6.52. The van der Waals surface area contributed by atoms with Crippen molar-refractivity contribution in [2.75, 3.05) is 0 Å². The summed E-state index contributed by atoms with van der Waals surface area (Å²) in [6, 6.07) is 0. The number of rotatable bonds is 3. The van der Waals surface area contributed by atoms with Gasteiger partial charge in [-0.15, -0.1) is 0 Å². The predicted octanol–water partition coefficient (Wildman–Crippen LogP) is 2.58. The summed E-state index contributed by atoms with van der Waals surface area (Å²) >= 11 is 0. The molecule has 0 N–H and O–H groups in total. The summed E-state index contributed by atoms with van der Waals surface area (Å²) in [5.74, 6) is 0. The van der Waals surface area contributed by atoms with Crippen molar-refractivity contribution < 1.29 is 21.8 Å². The molecule has 0 aliphatic carbocycles. The Morgan fingerprint density at radius 2 is 1.81 bits per heavy atom. The third-order valence-corrected chi connectivity index (χ3v) is 1.54. The van der Waals surface area contributed by atoms with Gasteiger partial charge in [0.2, 0.25) is 6.33 Å². The summed E-state index contributed by atoms with van der Waals surface area (Å²) in [5, 5.41) is 0. The maximum absolute atomic E-state index is 9.75. The van der Waals surface area contributed by atoms with E-state index in [1.165, 1.54) is 0 Å². The molecule has 0 saturated carbocycles. The highest BCUT2D eigenvalue weighted by molar-refractivity contribution is 6.50. The van der Waals surface area contributed by atoms with Gasteiger partial charge in [-0.2, -0.15) is 0 Å². The molecule has 7 heteroatoms. The van der Waals surface area contributed by atoms with E-state index in [4.69, 9.17) is 0 Å². The van der Waals surface area contributed by atoms with E-state index in [1.54, 1.807) is 0 Å². The molecule has 0 unspecified atom stereocenters. The van der Waals surface area contributed by atoms with Crippen LogP contribution < -0.4 is 4.57 Å². The lowest BCUT2D eigenvalue weighted by Crippen LogP contribution is -2.29. The van der Waals surface area contributed by atoms with Gasteiger partial charge in [-0.05, 0) is 12.5 Å². The van der Waals surface area contributed by atoms with Gasteiger partial charge in [-0.25, -0.2) is 9.13 Å². The Labute approximate surface area is 92.3 Å². The summed E-state index contributed by atoms with van der Waals surface area (Å²) in [5.41, 5.74) is 0. The lowest BCUT2D eigenvalue weighted by atomic mass is 10.3. The van der Waals surface area contributed by atoms with Gasteiger partial charge in [0.25, 0.3) is 0 Å². The second kappa shape index (κ2) is 7.08. The lowest BCUT2D eigenvalue weighted by molar-refractivity contribution is -0.686. The molecule has 1 aromatic rings. The van der Waals surface area contributed by atoms with E-state index in [1.807, 2.05) is 17.8 Å². The number of halogens is 4. The van der Waals surface area contributed by atoms with Crippen LogP contribution in [0.4, 0.5) is 17.3 Å². The van der Waals surface area contributed by atoms with Gasteiger partial charge in [0, 0.05) is 0 Å². The molecule has 2 nitrogen and oxygen atoms in total. The maximum Gasteiger partial charge on any atom is 0.673 e. The zero-order chi connectivity index (χ0) is 12.6. The molecule has 16 heavy (non-hydrogen) atoms. The SMILES string of the molecule is CCC=CC[n+]1ccn(C)c1.F[B-](F)(F)F. The van der Waals surface area contributed by atoms with Gasteiger partial charge in [-0.1, -0.05) is 13.0 Å². The van der Waals surface area contributed by atoms with Crippen molar-refractivity contribution in [1.29, 1.82) is 0 Å². The molecular formula is C9H15BF4N2. The average Bonchev–Trinajstić information content (AvgIpc) is 2.49. The van der Waals surface area contributed by atoms with Crippen LogP contribution in [0.5, 0.6) is 0 Å². The van der Waals surface area contributed by atoms with Gasteiger partial charge in [-0.3, -0.25) is 0 Å². The number of hydrogen-bond acceptors (Lipinski definition) is 0. The number of aryl methyl sites for hydroxylation is 1. The molecule has 0 aliphatic rings. The molecule has 0 amide bonds. The third kappa shape index (κ3) is 10.8. The summed E-state index contributed by atoms with van der Waals surface area (Å²) in [4.78, 5) is 0. The molecule has 0 saturated heterocycles. The second-order valence-electron chi connectivity index (χ2n) is 3.15. The molecule has 1 aromatic heterocycles. The highest BCUT2D eigenvalue weighted by Crippen LogP contribution is 2.06. The average molecular weight is 238 g/mol.